The summed E-state index contributed by atoms with van der Waals surface area (Å²) in [7, 11) is -1.36. The molecule has 0 amide bonds. The molecule has 4 aromatic heterocycles. The molecule has 9 rings (SSSR count). The van der Waals surface area contributed by atoms with Gasteiger partial charge in [0.25, 0.3) is 0 Å². The van der Waals surface area contributed by atoms with E-state index >= 15 is 0 Å². The number of benzene rings is 5. The second kappa shape index (κ2) is 20.8. The predicted molar refractivity (Wildman–Crippen MR) is 271 cm³/mol. The van der Waals surface area contributed by atoms with E-state index in [1.165, 1.54) is 33.0 Å². The van der Waals surface area contributed by atoms with Crippen molar-refractivity contribution in [2.24, 2.45) is 10.8 Å². The minimum atomic E-state index is -1.36. The zero-order chi connectivity index (χ0) is 44.6. The van der Waals surface area contributed by atoms with Gasteiger partial charge >= 0.3 is 0 Å². The molecule has 5 aromatic carbocycles. The molecule has 0 saturated carbocycles. The van der Waals surface area contributed by atoms with Crippen LogP contribution in [-0.2, 0) is 32.9 Å². The number of aromatic nitrogens is 3. The molecule has 1 radical (unpaired) electrons. The fraction of sp³-hybridized carbons (Fsp3) is 0.224. The van der Waals surface area contributed by atoms with Crippen molar-refractivity contribution in [2.75, 3.05) is 0 Å². The van der Waals surface area contributed by atoms with Gasteiger partial charge in [0.05, 0.1) is 25.2 Å². The Morgan fingerprint density at radius 3 is 1.58 bits per heavy atom. The second-order valence-corrected chi connectivity index (χ2v) is 24.9. The Balaban J connectivity index is 0.000000161. The average Bonchev–Trinajstić information content (AvgIpc) is 3.64. The quantitative estimate of drug-likeness (QED) is 0.149. The molecule has 4 nitrogen and oxygen atoms in total. The fourth-order valence-corrected chi connectivity index (χ4v) is 9.48. The van der Waals surface area contributed by atoms with Crippen molar-refractivity contribution in [3.63, 3.8) is 0 Å². The smallest absolute Gasteiger partial charge is 0.136 e. The summed E-state index contributed by atoms with van der Waals surface area (Å²) >= 11 is 0. The van der Waals surface area contributed by atoms with Gasteiger partial charge in [-0.15, -0.1) is 0 Å². The molecule has 6 heteroatoms. The maximum Gasteiger partial charge on any atom is 0.136 e. The van der Waals surface area contributed by atoms with E-state index in [2.05, 4.69) is 193 Å². The Morgan fingerprint density at radius 2 is 1.00 bits per heavy atom. The van der Waals surface area contributed by atoms with Crippen LogP contribution in [-0.4, -0.2) is 23.0 Å². The van der Waals surface area contributed by atoms with Crippen LogP contribution in [0, 0.1) is 10.8 Å². The zero-order valence-electron chi connectivity index (χ0n) is 38.8. The number of hydrogen-bond donors (Lipinski definition) is 0. The molecule has 9 aromatic rings. The molecule has 64 heavy (non-hydrogen) atoms. The van der Waals surface area contributed by atoms with E-state index in [0.29, 0.717) is 10.8 Å². The van der Waals surface area contributed by atoms with Crippen LogP contribution in [0.1, 0.15) is 52.7 Å². The van der Waals surface area contributed by atoms with Gasteiger partial charge in [-0.25, -0.2) is 0 Å². The molecule has 327 valence electrons. The van der Waals surface area contributed by atoms with Crippen molar-refractivity contribution in [2.45, 2.75) is 74.0 Å². The van der Waals surface area contributed by atoms with Crippen molar-refractivity contribution < 1.29 is 24.5 Å². The van der Waals surface area contributed by atoms with E-state index in [-0.39, 0.29) is 20.1 Å². The third kappa shape index (κ3) is 12.9. The number of pyridine rings is 3. The van der Waals surface area contributed by atoms with E-state index in [1.807, 2.05) is 60.9 Å². The Labute approximate surface area is 395 Å². The Kier molecular flexibility index (Phi) is 15.5. The zero-order valence-corrected chi connectivity index (χ0v) is 42.2. The van der Waals surface area contributed by atoms with E-state index < -0.39 is 8.07 Å². The molecule has 0 fully saturated rings. The summed E-state index contributed by atoms with van der Waals surface area (Å²) < 4.78 is 6.09. The molecule has 0 spiro atoms. The van der Waals surface area contributed by atoms with Gasteiger partial charge in [0, 0.05) is 66.2 Å². The largest absolute Gasteiger partial charge is 0.456 e. The minimum Gasteiger partial charge on any atom is -0.456 e. The summed E-state index contributed by atoms with van der Waals surface area (Å²) in [5.41, 5.74) is 14.2. The van der Waals surface area contributed by atoms with E-state index in [4.69, 9.17) is 9.40 Å². The SMILES string of the molecule is CC(C)(C)Cc1cc(-c2ccccc2)ncc1[Si](C)(C)C.CC(C)(C)Cc1ccnc(-c2ccccc2)c1.[Ir].c1ccc(-c2ccc3c(c2)oc2ccc(-c4ccccn4)cc23)cc1. The van der Waals surface area contributed by atoms with E-state index in [9.17, 15) is 0 Å². The van der Waals surface area contributed by atoms with Crippen molar-refractivity contribution in [1.29, 1.82) is 0 Å². The molecule has 0 aliphatic heterocycles. The Morgan fingerprint density at radius 1 is 0.438 bits per heavy atom. The molecule has 0 atom stereocenters. The second-order valence-electron chi connectivity index (χ2n) is 19.8. The van der Waals surface area contributed by atoms with Gasteiger partial charge in [-0.05, 0) is 112 Å². The standard InChI is InChI=1S/C23H15NO.C19H27NSi.C16H19N.Ir/c1-2-6-16(7-3-1)17-9-11-19-20-14-18(21-8-4-5-13-24-21)10-12-22(20)25-23(19)15-17;1-19(2,3)13-16-12-17(15-10-8-7-9-11-15)20-14-18(16)21(4,5)6;1-16(2,3)12-13-9-10-17-15(11-13)14-7-5-4-6-8-14;/h1-15H;7-12,14H,13H2,1-6H3;4-11H,12H2,1-3H3;. The summed E-state index contributed by atoms with van der Waals surface area (Å²) in [6.45, 7) is 20.9. The van der Waals surface area contributed by atoms with Gasteiger partial charge in [0.15, 0.2) is 0 Å². The number of furan rings is 1. The summed E-state index contributed by atoms with van der Waals surface area (Å²) in [5, 5.41) is 3.75. The molecule has 4 heterocycles. The maximum atomic E-state index is 6.09. The first-order valence-corrected chi connectivity index (χ1v) is 25.6. The van der Waals surface area contributed by atoms with Crippen LogP contribution in [0.15, 0.2) is 187 Å². The van der Waals surface area contributed by atoms with Gasteiger partial charge < -0.3 is 4.42 Å². The van der Waals surface area contributed by atoms with Crippen LogP contribution in [0.5, 0.6) is 0 Å². The molecular formula is C58H61IrN3OSi. The van der Waals surface area contributed by atoms with Gasteiger partial charge in [-0.2, -0.15) is 0 Å². The molecular weight excluding hydrogens is 975 g/mol. The van der Waals surface area contributed by atoms with Crippen molar-refractivity contribution in [1.82, 2.24) is 15.0 Å². The summed E-state index contributed by atoms with van der Waals surface area (Å²) in [4.78, 5) is 13.6. The Hall–Kier alpha value is -5.78. The molecule has 0 aliphatic carbocycles. The van der Waals surface area contributed by atoms with Crippen LogP contribution in [0.3, 0.4) is 0 Å². The van der Waals surface area contributed by atoms with Crippen LogP contribution in [0.25, 0.3) is 66.8 Å². The van der Waals surface area contributed by atoms with Crippen molar-refractivity contribution >= 4 is 35.2 Å². The van der Waals surface area contributed by atoms with Crippen LogP contribution in [0.4, 0.5) is 0 Å². The van der Waals surface area contributed by atoms with Gasteiger partial charge in [-0.3, -0.25) is 15.0 Å². The summed E-state index contributed by atoms with van der Waals surface area (Å²) in [6, 6.07) is 56.4. The topological polar surface area (TPSA) is 51.8 Å². The van der Waals surface area contributed by atoms with Crippen LogP contribution >= 0.6 is 0 Å². The third-order valence-corrected chi connectivity index (χ3v) is 12.8. The first-order valence-electron chi connectivity index (χ1n) is 22.1. The molecule has 0 unspecified atom stereocenters. The maximum absolute atomic E-state index is 6.09. The normalized spacial score (nSPS) is 11.5. The number of nitrogens with zero attached hydrogens (tertiary/aromatic N) is 3. The van der Waals surface area contributed by atoms with Gasteiger partial charge in [-0.1, -0.05) is 164 Å². The van der Waals surface area contributed by atoms with Gasteiger partial charge in [0.2, 0.25) is 0 Å². The molecule has 0 N–H and O–H groups in total. The summed E-state index contributed by atoms with van der Waals surface area (Å²) in [5.74, 6) is 0. The van der Waals surface area contributed by atoms with Crippen molar-refractivity contribution in [3.8, 4) is 44.9 Å². The van der Waals surface area contributed by atoms with Crippen molar-refractivity contribution in [3.05, 3.63) is 194 Å². The minimum absolute atomic E-state index is 0. The number of rotatable bonds is 7. The fourth-order valence-electron chi connectivity index (χ4n) is 7.90. The summed E-state index contributed by atoms with van der Waals surface area (Å²) in [6.07, 6.45) is 8.04. The first-order chi connectivity index (χ1) is 30.1. The van der Waals surface area contributed by atoms with Crippen LogP contribution in [0.2, 0.25) is 19.6 Å². The van der Waals surface area contributed by atoms with Gasteiger partial charge in [0.1, 0.15) is 11.2 Å². The monoisotopic (exact) mass is 1040 g/mol. The number of fused-ring (bicyclic) bond motifs is 3. The van der Waals surface area contributed by atoms with Crippen LogP contribution < -0.4 is 5.19 Å². The third-order valence-electron chi connectivity index (χ3n) is 10.8. The van der Waals surface area contributed by atoms with E-state index in [1.54, 1.807) is 0 Å². The molecule has 0 saturated heterocycles. The first kappa shape index (κ1) is 47.7. The molecule has 0 bridgehead atoms. The molecule has 0 aliphatic rings. The average molecular weight is 1040 g/mol. The Bertz CT molecular complexity index is 2880. The predicted octanol–water partition coefficient (Wildman–Crippen LogP) is 15.5. The number of hydrogen-bond acceptors (Lipinski definition) is 4. The van der Waals surface area contributed by atoms with E-state index in [0.717, 1.165) is 63.0 Å².